The summed E-state index contributed by atoms with van der Waals surface area (Å²) in [6.07, 6.45) is 1.62. The number of aromatic nitrogens is 2. The fourth-order valence-corrected chi connectivity index (χ4v) is 1.93. The molecule has 0 amide bonds. The van der Waals surface area contributed by atoms with E-state index in [2.05, 4.69) is 9.97 Å². The second kappa shape index (κ2) is 7.06. The first kappa shape index (κ1) is 13.7. The molecule has 0 aliphatic heterocycles. The molecular formula is C9H13Cl2N3OS. The Bertz CT molecular complexity index is 425. The fourth-order valence-electron chi connectivity index (χ4n) is 1.30. The smallest absolute Gasteiger partial charge is 0.256 e. The molecule has 7 heteroatoms. The number of halogens is 2. The Balaban J connectivity index is 2.76. The van der Waals surface area contributed by atoms with Crippen LogP contribution in [0.5, 0.6) is 0 Å². The maximum absolute atomic E-state index is 11.5. The van der Waals surface area contributed by atoms with Gasteiger partial charge in [-0.2, -0.15) is 0 Å². The molecule has 0 saturated carbocycles. The zero-order chi connectivity index (χ0) is 12.0. The standard InChI is InChI=1S/C9H13Cl2N3OS/c10-1-3-14(4-2-11)6-7-5-12-9(16)13-8(7)15/h5H,1-4,6H2,(H2,12,13,15,16). The van der Waals surface area contributed by atoms with E-state index in [0.29, 0.717) is 41.7 Å². The van der Waals surface area contributed by atoms with Crippen LogP contribution >= 0.6 is 35.4 Å². The fraction of sp³-hybridized carbons (Fsp3) is 0.556. The first-order valence-electron chi connectivity index (χ1n) is 4.82. The number of nitrogens with zero attached hydrogens (tertiary/aromatic N) is 1. The molecule has 1 heterocycles. The number of H-pyrrole nitrogens is 2. The molecule has 0 fully saturated rings. The predicted molar refractivity (Wildman–Crippen MR) is 69.0 cm³/mol. The van der Waals surface area contributed by atoms with Crippen LogP contribution < -0.4 is 5.56 Å². The first-order chi connectivity index (χ1) is 7.67. The molecule has 2 N–H and O–H groups in total. The zero-order valence-electron chi connectivity index (χ0n) is 8.63. The molecule has 0 bridgehead atoms. The number of alkyl halides is 2. The summed E-state index contributed by atoms with van der Waals surface area (Å²) in [6, 6.07) is 0. The van der Waals surface area contributed by atoms with Gasteiger partial charge >= 0.3 is 0 Å². The Labute approximate surface area is 109 Å². The van der Waals surface area contributed by atoms with Crippen molar-refractivity contribution in [1.82, 2.24) is 14.9 Å². The van der Waals surface area contributed by atoms with Crippen molar-refractivity contribution < 1.29 is 0 Å². The lowest BCUT2D eigenvalue weighted by atomic mass is 10.3. The van der Waals surface area contributed by atoms with Crippen LogP contribution in [-0.2, 0) is 6.54 Å². The average molecular weight is 282 g/mol. The monoisotopic (exact) mass is 281 g/mol. The van der Waals surface area contributed by atoms with Crippen molar-refractivity contribution in [3.63, 3.8) is 0 Å². The van der Waals surface area contributed by atoms with Crippen molar-refractivity contribution in [2.75, 3.05) is 24.8 Å². The lowest BCUT2D eigenvalue weighted by Gasteiger charge is -2.19. The van der Waals surface area contributed by atoms with Gasteiger partial charge in [0.2, 0.25) is 0 Å². The van der Waals surface area contributed by atoms with Crippen LogP contribution in [0.3, 0.4) is 0 Å². The molecule has 0 unspecified atom stereocenters. The molecule has 16 heavy (non-hydrogen) atoms. The molecule has 90 valence electrons. The summed E-state index contributed by atoms with van der Waals surface area (Å²) in [7, 11) is 0. The van der Waals surface area contributed by atoms with Gasteiger partial charge in [-0.05, 0) is 12.2 Å². The lowest BCUT2D eigenvalue weighted by molar-refractivity contribution is 0.297. The summed E-state index contributed by atoms with van der Waals surface area (Å²) in [4.78, 5) is 18.9. The highest BCUT2D eigenvalue weighted by Crippen LogP contribution is 1.99. The predicted octanol–water partition coefficient (Wildman–Crippen LogP) is 1.71. The molecule has 0 spiro atoms. The molecule has 0 aliphatic carbocycles. The van der Waals surface area contributed by atoms with E-state index in [9.17, 15) is 4.79 Å². The average Bonchev–Trinajstić information content (AvgIpc) is 2.23. The van der Waals surface area contributed by atoms with E-state index < -0.39 is 0 Å². The van der Waals surface area contributed by atoms with Crippen molar-refractivity contribution in [2.45, 2.75) is 6.54 Å². The van der Waals surface area contributed by atoms with E-state index in [4.69, 9.17) is 35.4 Å². The Morgan fingerprint density at radius 2 is 1.94 bits per heavy atom. The van der Waals surface area contributed by atoms with E-state index in [0.717, 1.165) is 0 Å². The minimum absolute atomic E-state index is 0.169. The van der Waals surface area contributed by atoms with E-state index in [1.165, 1.54) is 0 Å². The molecule has 1 aromatic rings. The van der Waals surface area contributed by atoms with Crippen molar-refractivity contribution in [3.05, 3.63) is 26.9 Å². The van der Waals surface area contributed by atoms with Gasteiger partial charge in [0, 0.05) is 43.2 Å². The van der Waals surface area contributed by atoms with Gasteiger partial charge in [0.25, 0.3) is 5.56 Å². The van der Waals surface area contributed by atoms with Crippen molar-refractivity contribution in [1.29, 1.82) is 0 Å². The maximum Gasteiger partial charge on any atom is 0.256 e. The van der Waals surface area contributed by atoms with Gasteiger partial charge in [0.05, 0.1) is 0 Å². The Morgan fingerprint density at radius 3 is 2.44 bits per heavy atom. The Hall–Kier alpha value is -0.360. The van der Waals surface area contributed by atoms with Crippen molar-refractivity contribution in [3.8, 4) is 0 Å². The summed E-state index contributed by atoms with van der Waals surface area (Å²) in [5.41, 5.74) is 0.460. The first-order valence-corrected chi connectivity index (χ1v) is 6.30. The summed E-state index contributed by atoms with van der Waals surface area (Å²) in [5, 5.41) is 0. The molecule has 0 aliphatic rings. The third-order valence-corrected chi connectivity index (χ3v) is 2.65. The van der Waals surface area contributed by atoms with Gasteiger partial charge in [-0.15, -0.1) is 23.2 Å². The van der Waals surface area contributed by atoms with Gasteiger partial charge in [0.1, 0.15) is 0 Å². The summed E-state index contributed by atoms with van der Waals surface area (Å²) >= 11 is 16.1. The van der Waals surface area contributed by atoms with Gasteiger partial charge in [0.15, 0.2) is 4.77 Å². The van der Waals surface area contributed by atoms with Gasteiger partial charge < -0.3 is 4.98 Å². The number of rotatable bonds is 6. The highest BCUT2D eigenvalue weighted by Gasteiger charge is 2.07. The van der Waals surface area contributed by atoms with Crippen LogP contribution in [0.4, 0.5) is 0 Å². The molecule has 4 nitrogen and oxygen atoms in total. The van der Waals surface area contributed by atoms with Crippen LogP contribution in [0.15, 0.2) is 11.0 Å². The van der Waals surface area contributed by atoms with E-state index in [1.54, 1.807) is 6.20 Å². The second-order valence-corrected chi connectivity index (χ2v) is 4.42. The summed E-state index contributed by atoms with van der Waals surface area (Å²) in [5.74, 6) is 1.02. The van der Waals surface area contributed by atoms with Gasteiger partial charge in [-0.1, -0.05) is 0 Å². The highest BCUT2D eigenvalue weighted by molar-refractivity contribution is 7.71. The molecule has 1 aromatic heterocycles. The van der Waals surface area contributed by atoms with Crippen LogP contribution in [0.1, 0.15) is 5.56 Å². The molecule has 1 rings (SSSR count). The second-order valence-electron chi connectivity index (χ2n) is 3.25. The molecule has 0 saturated heterocycles. The van der Waals surface area contributed by atoms with E-state index in [1.807, 2.05) is 4.90 Å². The van der Waals surface area contributed by atoms with E-state index in [-0.39, 0.29) is 5.56 Å². The number of nitrogens with one attached hydrogen (secondary N) is 2. The molecule has 0 atom stereocenters. The summed E-state index contributed by atoms with van der Waals surface area (Å²) < 4.78 is 0.329. The van der Waals surface area contributed by atoms with Crippen molar-refractivity contribution >= 4 is 35.4 Å². The molecule has 0 radical (unpaired) electrons. The SMILES string of the molecule is O=c1[nH]c(=S)[nH]cc1CN(CCCl)CCCl. The maximum atomic E-state index is 11.5. The van der Waals surface area contributed by atoms with Crippen LogP contribution in [0.25, 0.3) is 0 Å². The minimum atomic E-state index is -0.169. The lowest BCUT2D eigenvalue weighted by Crippen LogP contribution is -2.30. The largest absolute Gasteiger partial charge is 0.338 e. The van der Waals surface area contributed by atoms with Crippen molar-refractivity contribution in [2.24, 2.45) is 0 Å². The highest BCUT2D eigenvalue weighted by atomic mass is 35.5. The Morgan fingerprint density at radius 1 is 1.31 bits per heavy atom. The van der Waals surface area contributed by atoms with Crippen LogP contribution in [-0.4, -0.2) is 39.7 Å². The Kier molecular flexibility index (Phi) is 6.05. The number of hydrogen-bond donors (Lipinski definition) is 2. The van der Waals surface area contributed by atoms with E-state index >= 15 is 0 Å². The van der Waals surface area contributed by atoms with Gasteiger partial charge in [-0.25, -0.2) is 0 Å². The topological polar surface area (TPSA) is 51.9 Å². The summed E-state index contributed by atoms with van der Waals surface area (Å²) in [6.45, 7) is 1.91. The zero-order valence-corrected chi connectivity index (χ0v) is 11.0. The normalized spacial score (nSPS) is 10.9. The van der Waals surface area contributed by atoms with Crippen LogP contribution in [0, 0.1) is 4.77 Å². The molecular weight excluding hydrogens is 269 g/mol. The molecule has 0 aromatic carbocycles. The van der Waals surface area contributed by atoms with Crippen LogP contribution in [0.2, 0.25) is 0 Å². The number of hydrogen-bond acceptors (Lipinski definition) is 3. The third kappa shape index (κ3) is 4.25. The van der Waals surface area contributed by atoms with Gasteiger partial charge in [-0.3, -0.25) is 14.7 Å². The third-order valence-electron chi connectivity index (χ3n) is 2.09. The quantitative estimate of drug-likeness (QED) is 0.617. The number of aromatic amines is 2. The minimum Gasteiger partial charge on any atom is -0.338 e.